The van der Waals surface area contributed by atoms with E-state index in [1.165, 1.54) is 0 Å². The standard InChI is InChI=1S/C27H31BrN2O3S/c1-4-21-17-24(28)18-22(5-2)27(21)29-26(31)16-13-20-11-14-25(15-12-20)34(32,33)30-19(3)23-9-7-6-8-10-23/h6-12,14-15,17-19,30H,4-5,13,16H2,1-3H3,(H,29,31)/t19-/m1/s1. The number of nitrogens with one attached hydrogen (secondary N) is 2. The molecule has 1 atom stereocenters. The van der Waals surface area contributed by atoms with Crippen molar-refractivity contribution in [1.82, 2.24) is 4.72 Å². The molecule has 0 saturated heterocycles. The topological polar surface area (TPSA) is 75.3 Å². The molecule has 0 spiro atoms. The first kappa shape index (κ1) is 26.1. The molecule has 0 aliphatic carbocycles. The Labute approximate surface area is 211 Å². The monoisotopic (exact) mass is 542 g/mol. The van der Waals surface area contributed by atoms with E-state index >= 15 is 0 Å². The molecule has 1 amide bonds. The molecule has 7 heteroatoms. The minimum absolute atomic E-state index is 0.0539. The van der Waals surface area contributed by atoms with Gasteiger partial charge in [-0.05, 0) is 72.7 Å². The van der Waals surface area contributed by atoms with Crippen LogP contribution in [0.15, 0.2) is 76.1 Å². The van der Waals surface area contributed by atoms with Gasteiger partial charge in [-0.15, -0.1) is 0 Å². The zero-order valence-corrected chi connectivity index (χ0v) is 22.2. The molecule has 180 valence electrons. The molecule has 0 radical (unpaired) electrons. The number of benzene rings is 3. The highest BCUT2D eigenvalue weighted by molar-refractivity contribution is 9.10. The van der Waals surface area contributed by atoms with Crippen molar-refractivity contribution in [2.24, 2.45) is 0 Å². The molecular weight excluding hydrogens is 512 g/mol. The summed E-state index contributed by atoms with van der Waals surface area (Å²) in [6, 6.07) is 19.9. The molecule has 0 aliphatic rings. The second-order valence-electron chi connectivity index (χ2n) is 8.25. The summed E-state index contributed by atoms with van der Waals surface area (Å²) in [6.45, 7) is 5.96. The number of halogens is 1. The number of amides is 1. The van der Waals surface area contributed by atoms with Crippen molar-refractivity contribution in [1.29, 1.82) is 0 Å². The largest absolute Gasteiger partial charge is 0.326 e. The summed E-state index contributed by atoms with van der Waals surface area (Å²) in [5.41, 5.74) is 4.92. The lowest BCUT2D eigenvalue weighted by atomic mass is 10.0. The summed E-state index contributed by atoms with van der Waals surface area (Å²) in [5, 5.41) is 3.09. The third-order valence-corrected chi connectivity index (χ3v) is 7.81. The molecule has 0 bridgehead atoms. The fourth-order valence-corrected chi connectivity index (χ4v) is 5.63. The van der Waals surface area contributed by atoms with Crippen LogP contribution in [0.2, 0.25) is 0 Å². The molecular formula is C27H31BrN2O3S. The number of carbonyl (C=O) groups is 1. The summed E-state index contributed by atoms with van der Waals surface area (Å²) < 4.78 is 29.3. The molecule has 0 saturated carbocycles. The van der Waals surface area contributed by atoms with Crippen LogP contribution in [0.5, 0.6) is 0 Å². The van der Waals surface area contributed by atoms with Crippen molar-refractivity contribution in [3.63, 3.8) is 0 Å². The number of carbonyl (C=O) groups excluding carboxylic acids is 1. The molecule has 0 aromatic heterocycles. The molecule has 0 unspecified atom stereocenters. The van der Waals surface area contributed by atoms with Crippen LogP contribution in [0.4, 0.5) is 5.69 Å². The molecule has 3 rings (SSSR count). The predicted molar refractivity (Wildman–Crippen MR) is 141 cm³/mol. The van der Waals surface area contributed by atoms with Crippen LogP contribution in [0.1, 0.15) is 55.5 Å². The first-order valence-corrected chi connectivity index (χ1v) is 13.8. The smallest absolute Gasteiger partial charge is 0.241 e. The number of hydrogen-bond acceptors (Lipinski definition) is 3. The minimum Gasteiger partial charge on any atom is -0.326 e. The zero-order chi connectivity index (χ0) is 24.7. The molecule has 0 fully saturated rings. The van der Waals surface area contributed by atoms with Gasteiger partial charge in [0.2, 0.25) is 15.9 Å². The Morgan fingerprint density at radius 1 is 0.941 bits per heavy atom. The van der Waals surface area contributed by atoms with Gasteiger partial charge in [-0.3, -0.25) is 4.79 Å². The van der Waals surface area contributed by atoms with Crippen LogP contribution in [-0.2, 0) is 34.1 Å². The van der Waals surface area contributed by atoms with Gasteiger partial charge in [0.1, 0.15) is 0 Å². The maximum atomic E-state index is 12.8. The fourth-order valence-electron chi connectivity index (χ4n) is 3.85. The maximum Gasteiger partial charge on any atom is 0.241 e. The Hall–Kier alpha value is -2.48. The number of sulfonamides is 1. The molecule has 0 heterocycles. The highest BCUT2D eigenvalue weighted by Gasteiger charge is 2.18. The summed E-state index contributed by atoms with van der Waals surface area (Å²) in [6.07, 6.45) is 2.50. The first-order chi connectivity index (χ1) is 16.2. The lowest BCUT2D eigenvalue weighted by Gasteiger charge is -2.16. The molecule has 3 aromatic carbocycles. The normalized spacial score (nSPS) is 12.4. The van der Waals surface area contributed by atoms with Gasteiger partial charge >= 0.3 is 0 Å². The highest BCUT2D eigenvalue weighted by Crippen LogP contribution is 2.28. The van der Waals surface area contributed by atoms with Crippen LogP contribution < -0.4 is 10.0 Å². The van der Waals surface area contributed by atoms with Crippen LogP contribution in [0.25, 0.3) is 0 Å². The van der Waals surface area contributed by atoms with Crippen molar-refractivity contribution < 1.29 is 13.2 Å². The van der Waals surface area contributed by atoms with E-state index in [9.17, 15) is 13.2 Å². The maximum absolute atomic E-state index is 12.8. The Morgan fingerprint density at radius 3 is 2.09 bits per heavy atom. The van der Waals surface area contributed by atoms with E-state index in [0.29, 0.717) is 12.8 Å². The van der Waals surface area contributed by atoms with Gasteiger partial charge in [-0.2, -0.15) is 0 Å². The van der Waals surface area contributed by atoms with Gasteiger partial charge in [0, 0.05) is 22.6 Å². The summed E-state index contributed by atoms with van der Waals surface area (Å²) in [5.74, 6) is -0.0539. The van der Waals surface area contributed by atoms with Crippen LogP contribution in [-0.4, -0.2) is 14.3 Å². The SMILES string of the molecule is CCc1cc(Br)cc(CC)c1NC(=O)CCc1ccc(S(=O)(=O)N[C@H](C)c2ccccc2)cc1. The van der Waals surface area contributed by atoms with Gasteiger partial charge in [-0.25, -0.2) is 13.1 Å². The minimum atomic E-state index is -3.65. The Balaban J connectivity index is 1.61. The van der Waals surface area contributed by atoms with E-state index in [0.717, 1.165) is 45.3 Å². The Bertz CT molecular complexity index is 1200. The van der Waals surface area contributed by atoms with E-state index in [1.807, 2.05) is 49.4 Å². The number of aryl methyl sites for hydroxylation is 3. The zero-order valence-electron chi connectivity index (χ0n) is 19.8. The fraction of sp³-hybridized carbons (Fsp3) is 0.296. The van der Waals surface area contributed by atoms with Gasteiger partial charge in [0.15, 0.2) is 0 Å². The molecule has 0 aliphatic heterocycles. The lowest BCUT2D eigenvalue weighted by molar-refractivity contribution is -0.116. The van der Waals surface area contributed by atoms with Crippen LogP contribution in [0.3, 0.4) is 0 Å². The molecule has 34 heavy (non-hydrogen) atoms. The molecule has 3 aromatic rings. The number of rotatable bonds is 10. The van der Waals surface area contributed by atoms with E-state index < -0.39 is 10.0 Å². The third kappa shape index (κ3) is 6.78. The van der Waals surface area contributed by atoms with Gasteiger partial charge in [0.25, 0.3) is 0 Å². The summed E-state index contributed by atoms with van der Waals surface area (Å²) >= 11 is 3.54. The quantitative estimate of drug-likeness (QED) is 0.321. The lowest BCUT2D eigenvalue weighted by Crippen LogP contribution is -2.26. The van der Waals surface area contributed by atoms with E-state index in [4.69, 9.17) is 0 Å². The molecule has 2 N–H and O–H groups in total. The van der Waals surface area contributed by atoms with Gasteiger partial charge in [0.05, 0.1) is 4.90 Å². The second kappa shape index (κ2) is 11.8. The van der Waals surface area contributed by atoms with E-state index in [-0.39, 0.29) is 16.8 Å². The van der Waals surface area contributed by atoms with Crippen molar-refractivity contribution in [3.05, 3.63) is 93.5 Å². The van der Waals surface area contributed by atoms with Gasteiger partial charge < -0.3 is 5.32 Å². The van der Waals surface area contributed by atoms with Crippen molar-refractivity contribution in [2.75, 3.05) is 5.32 Å². The third-order valence-electron chi connectivity index (χ3n) is 5.80. The van der Waals surface area contributed by atoms with Crippen LogP contribution in [0, 0.1) is 0 Å². The first-order valence-electron chi connectivity index (χ1n) is 11.5. The number of anilines is 1. The molecule has 5 nitrogen and oxygen atoms in total. The Morgan fingerprint density at radius 2 is 1.53 bits per heavy atom. The van der Waals surface area contributed by atoms with Crippen molar-refractivity contribution in [2.45, 2.75) is 57.4 Å². The second-order valence-corrected chi connectivity index (χ2v) is 10.9. The highest BCUT2D eigenvalue weighted by atomic mass is 79.9. The summed E-state index contributed by atoms with van der Waals surface area (Å²) in [4.78, 5) is 12.9. The van der Waals surface area contributed by atoms with E-state index in [2.05, 4.69) is 39.8 Å². The van der Waals surface area contributed by atoms with Crippen molar-refractivity contribution >= 4 is 37.5 Å². The van der Waals surface area contributed by atoms with Crippen molar-refractivity contribution in [3.8, 4) is 0 Å². The average Bonchev–Trinajstić information content (AvgIpc) is 2.84. The average molecular weight is 544 g/mol. The Kier molecular flexibility index (Phi) is 9.05. The predicted octanol–water partition coefficient (Wildman–Crippen LogP) is 6.18. The summed E-state index contributed by atoms with van der Waals surface area (Å²) in [7, 11) is -3.65. The van der Waals surface area contributed by atoms with E-state index in [1.54, 1.807) is 24.3 Å². The number of hydrogen-bond donors (Lipinski definition) is 2. The van der Waals surface area contributed by atoms with Crippen LogP contribution >= 0.6 is 15.9 Å². The van der Waals surface area contributed by atoms with Gasteiger partial charge in [-0.1, -0.05) is 72.2 Å².